The maximum Gasteiger partial charge on any atom is 0.225 e. The largest absolute Gasteiger partial charge is 0.382 e. The molecule has 1 aliphatic heterocycles. The molecule has 0 atom stereocenters. The molecule has 5 heteroatoms. The number of aromatic amines is 1. The van der Waals surface area contributed by atoms with Crippen LogP contribution in [-0.4, -0.2) is 27.5 Å². The fourth-order valence-electron chi connectivity index (χ4n) is 1.90. The van der Waals surface area contributed by atoms with Crippen molar-refractivity contribution in [2.75, 3.05) is 12.3 Å². The number of fused-ring (bicyclic) bond motifs is 1. The van der Waals surface area contributed by atoms with Crippen LogP contribution in [0.4, 0.5) is 5.82 Å². The van der Waals surface area contributed by atoms with Crippen molar-refractivity contribution in [3.05, 3.63) is 11.3 Å². The molecular weight excluding hydrogens is 192 g/mol. The van der Waals surface area contributed by atoms with Crippen LogP contribution in [0.2, 0.25) is 0 Å². The number of nitrogens with two attached hydrogens (primary N) is 1. The van der Waals surface area contributed by atoms with Crippen molar-refractivity contribution in [1.82, 2.24) is 15.1 Å². The highest BCUT2D eigenvalue weighted by molar-refractivity contribution is 5.78. The molecule has 1 amide bonds. The first-order chi connectivity index (χ1) is 7.09. The molecule has 0 saturated carbocycles. The molecule has 1 aromatic rings. The molecule has 0 fully saturated rings. The van der Waals surface area contributed by atoms with Gasteiger partial charge in [-0.1, -0.05) is 13.8 Å². The van der Waals surface area contributed by atoms with Crippen LogP contribution in [0.5, 0.6) is 0 Å². The van der Waals surface area contributed by atoms with Gasteiger partial charge in [-0.3, -0.25) is 9.89 Å². The number of rotatable bonds is 1. The summed E-state index contributed by atoms with van der Waals surface area (Å²) in [5.74, 6) is 0.808. The van der Waals surface area contributed by atoms with Crippen LogP contribution in [0.3, 0.4) is 0 Å². The average molecular weight is 208 g/mol. The molecule has 0 bridgehead atoms. The van der Waals surface area contributed by atoms with E-state index in [0.29, 0.717) is 12.4 Å². The van der Waals surface area contributed by atoms with Gasteiger partial charge in [-0.25, -0.2) is 0 Å². The van der Waals surface area contributed by atoms with Crippen molar-refractivity contribution in [2.24, 2.45) is 5.92 Å². The molecule has 0 spiro atoms. The van der Waals surface area contributed by atoms with Crippen LogP contribution < -0.4 is 5.73 Å². The van der Waals surface area contributed by atoms with E-state index >= 15 is 0 Å². The van der Waals surface area contributed by atoms with Gasteiger partial charge in [-0.2, -0.15) is 5.10 Å². The summed E-state index contributed by atoms with van der Waals surface area (Å²) in [5.41, 5.74) is 7.75. The molecular formula is C10H16N4O. The Morgan fingerprint density at radius 2 is 2.33 bits per heavy atom. The van der Waals surface area contributed by atoms with Crippen molar-refractivity contribution in [1.29, 1.82) is 0 Å². The van der Waals surface area contributed by atoms with Gasteiger partial charge in [-0.15, -0.1) is 0 Å². The standard InChI is InChI=1S/C10H16N4O/c1-6(2)10(15)14-4-3-7-8(5-14)12-13-9(7)11/h6H,3-5H2,1-2H3,(H3,11,12,13). The number of aromatic nitrogens is 2. The van der Waals surface area contributed by atoms with Crippen LogP contribution in [0.1, 0.15) is 25.1 Å². The van der Waals surface area contributed by atoms with Gasteiger partial charge in [0, 0.05) is 18.0 Å². The monoisotopic (exact) mass is 208 g/mol. The zero-order valence-corrected chi connectivity index (χ0v) is 9.08. The summed E-state index contributed by atoms with van der Waals surface area (Å²) in [6.07, 6.45) is 0.802. The van der Waals surface area contributed by atoms with E-state index in [2.05, 4.69) is 10.2 Å². The van der Waals surface area contributed by atoms with Crippen LogP contribution >= 0.6 is 0 Å². The smallest absolute Gasteiger partial charge is 0.225 e. The Balaban J connectivity index is 2.16. The molecule has 3 N–H and O–H groups in total. The van der Waals surface area contributed by atoms with Gasteiger partial charge in [0.25, 0.3) is 0 Å². The van der Waals surface area contributed by atoms with Gasteiger partial charge in [0.15, 0.2) is 0 Å². The predicted molar refractivity (Wildman–Crippen MR) is 57.0 cm³/mol. The summed E-state index contributed by atoms with van der Waals surface area (Å²) in [4.78, 5) is 13.6. The topological polar surface area (TPSA) is 75.0 Å². The first kappa shape index (κ1) is 10.0. The fraction of sp³-hybridized carbons (Fsp3) is 0.600. The Morgan fingerprint density at radius 1 is 1.60 bits per heavy atom. The second kappa shape index (κ2) is 3.56. The third kappa shape index (κ3) is 1.69. The predicted octanol–water partition coefficient (Wildman–Crippen LogP) is 0.533. The lowest BCUT2D eigenvalue weighted by molar-refractivity contribution is -0.135. The van der Waals surface area contributed by atoms with E-state index in [1.54, 1.807) is 0 Å². The summed E-state index contributed by atoms with van der Waals surface area (Å²) in [5, 5.41) is 6.83. The molecule has 0 saturated heterocycles. The minimum Gasteiger partial charge on any atom is -0.382 e. The Kier molecular flexibility index (Phi) is 2.38. The molecule has 0 aliphatic carbocycles. The number of nitrogen functional groups attached to an aromatic ring is 1. The third-order valence-corrected chi connectivity index (χ3v) is 2.77. The number of nitrogens with one attached hydrogen (secondary N) is 1. The highest BCUT2D eigenvalue weighted by Gasteiger charge is 2.25. The summed E-state index contributed by atoms with van der Waals surface area (Å²) < 4.78 is 0. The van der Waals surface area contributed by atoms with Crippen molar-refractivity contribution >= 4 is 11.7 Å². The van der Waals surface area contributed by atoms with E-state index in [0.717, 1.165) is 24.2 Å². The van der Waals surface area contributed by atoms with Crippen molar-refractivity contribution in [3.8, 4) is 0 Å². The summed E-state index contributed by atoms with van der Waals surface area (Å²) in [7, 11) is 0. The Labute approximate surface area is 88.6 Å². The zero-order valence-electron chi connectivity index (χ0n) is 9.08. The van der Waals surface area contributed by atoms with Gasteiger partial charge < -0.3 is 10.6 Å². The van der Waals surface area contributed by atoms with Crippen molar-refractivity contribution < 1.29 is 4.79 Å². The summed E-state index contributed by atoms with van der Waals surface area (Å²) in [6, 6.07) is 0. The number of hydrogen-bond donors (Lipinski definition) is 2. The lowest BCUT2D eigenvalue weighted by Crippen LogP contribution is -2.38. The molecule has 2 heterocycles. The third-order valence-electron chi connectivity index (χ3n) is 2.77. The minimum absolute atomic E-state index is 0.0480. The number of anilines is 1. The van der Waals surface area contributed by atoms with Gasteiger partial charge in [0.1, 0.15) is 5.82 Å². The fourth-order valence-corrected chi connectivity index (χ4v) is 1.90. The second-order valence-electron chi connectivity index (χ2n) is 4.23. The molecule has 2 rings (SSSR count). The van der Waals surface area contributed by atoms with E-state index in [1.165, 1.54) is 0 Å². The molecule has 1 aromatic heterocycles. The van der Waals surface area contributed by atoms with Gasteiger partial charge in [-0.05, 0) is 6.42 Å². The minimum atomic E-state index is 0.0480. The van der Waals surface area contributed by atoms with Gasteiger partial charge >= 0.3 is 0 Å². The zero-order chi connectivity index (χ0) is 11.0. The van der Waals surface area contributed by atoms with Gasteiger partial charge in [0.05, 0.1) is 12.2 Å². The second-order valence-corrected chi connectivity index (χ2v) is 4.23. The Hall–Kier alpha value is -1.52. The number of hydrogen-bond acceptors (Lipinski definition) is 3. The van der Waals surface area contributed by atoms with E-state index in [-0.39, 0.29) is 11.8 Å². The van der Waals surface area contributed by atoms with E-state index in [9.17, 15) is 4.79 Å². The highest BCUT2D eigenvalue weighted by atomic mass is 16.2. The molecule has 82 valence electrons. The van der Waals surface area contributed by atoms with Crippen LogP contribution in [0, 0.1) is 5.92 Å². The normalized spacial score (nSPS) is 15.5. The lowest BCUT2D eigenvalue weighted by atomic mass is 10.1. The van der Waals surface area contributed by atoms with Crippen LogP contribution in [-0.2, 0) is 17.8 Å². The molecule has 0 radical (unpaired) electrons. The molecule has 1 aliphatic rings. The van der Waals surface area contributed by atoms with E-state index < -0.39 is 0 Å². The Morgan fingerprint density at radius 3 is 3.00 bits per heavy atom. The molecule has 15 heavy (non-hydrogen) atoms. The molecule has 0 unspecified atom stereocenters. The SMILES string of the molecule is CC(C)C(=O)N1CCc2c(N)n[nH]c2C1. The van der Waals surface area contributed by atoms with Crippen molar-refractivity contribution in [3.63, 3.8) is 0 Å². The maximum atomic E-state index is 11.8. The highest BCUT2D eigenvalue weighted by Crippen LogP contribution is 2.22. The number of carbonyl (C=O) groups is 1. The van der Waals surface area contributed by atoms with Gasteiger partial charge in [0.2, 0.25) is 5.91 Å². The van der Waals surface area contributed by atoms with Crippen molar-refractivity contribution in [2.45, 2.75) is 26.8 Å². The summed E-state index contributed by atoms with van der Waals surface area (Å²) >= 11 is 0. The average Bonchev–Trinajstić information content (AvgIpc) is 2.59. The van der Waals surface area contributed by atoms with E-state index in [4.69, 9.17) is 5.73 Å². The first-order valence-electron chi connectivity index (χ1n) is 5.20. The summed E-state index contributed by atoms with van der Waals surface area (Å²) in [6.45, 7) is 5.18. The number of amides is 1. The molecule has 5 nitrogen and oxygen atoms in total. The number of carbonyl (C=O) groups excluding carboxylic acids is 1. The first-order valence-corrected chi connectivity index (χ1v) is 5.20. The number of nitrogens with zero attached hydrogens (tertiary/aromatic N) is 2. The van der Waals surface area contributed by atoms with Crippen LogP contribution in [0.25, 0.3) is 0 Å². The van der Waals surface area contributed by atoms with E-state index in [1.807, 2.05) is 18.7 Å². The molecule has 0 aromatic carbocycles. The quantitative estimate of drug-likeness (QED) is 0.707. The Bertz CT molecular complexity index is 383. The lowest BCUT2D eigenvalue weighted by Gasteiger charge is -2.28. The number of H-pyrrole nitrogens is 1. The maximum absolute atomic E-state index is 11.8. The van der Waals surface area contributed by atoms with Crippen LogP contribution in [0.15, 0.2) is 0 Å².